The van der Waals surface area contributed by atoms with Crippen molar-refractivity contribution in [3.8, 4) is 5.75 Å². The number of hydrogen-bond acceptors (Lipinski definition) is 5. The Bertz CT molecular complexity index is 553. The molecule has 7 nitrogen and oxygen atoms in total. The zero-order valence-electron chi connectivity index (χ0n) is 14.5. The Morgan fingerprint density at radius 1 is 1.32 bits per heavy atom. The fourth-order valence-electron chi connectivity index (χ4n) is 2.83. The molecule has 8 heteroatoms. The smallest absolute Gasteiger partial charge is 0.238 e. The van der Waals surface area contributed by atoms with Crippen molar-refractivity contribution >= 4 is 29.9 Å². The molecule has 4 N–H and O–H groups in total. The minimum atomic E-state index is -0.0804. The third-order valence-corrected chi connectivity index (χ3v) is 4.06. The van der Waals surface area contributed by atoms with E-state index in [4.69, 9.17) is 10.5 Å². The summed E-state index contributed by atoms with van der Waals surface area (Å²) in [5, 5.41) is 5.69. The first-order valence-electron chi connectivity index (χ1n) is 8.26. The molecule has 140 valence electrons. The molecule has 2 rings (SSSR count). The van der Waals surface area contributed by atoms with Crippen molar-refractivity contribution in [2.24, 2.45) is 11.7 Å². The minimum Gasteiger partial charge on any atom is -0.497 e. The lowest BCUT2D eigenvalue weighted by Crippen LogP contribution is -2.46. The average Bonchev–Trinajstić information content (AvgIpc) is 2.60. The summed E-state index contributed by atoms with van der Waals surface area (Å²) in [5.41, 5.74) is 6.14. The number of methoxy groups -OCH3 is 1. The van der Waals surface area contributed by atoms with E-state index in [1.807, 2.05) is 4.90 Å². The maximum Gasteiger partial charge on any atom is 0.238 e. The summed E-state index contributed by atoms with van der Waals surface area (Å²) in [7, 11) is 1.60. The quantitative estimate of drug-likeness (QED) is 0.661. The highest BCUT2D eigenvalue weighted by Gasteiger charge is 2.26. The topological polar surface area (TPSA) is 96.7 Å². The number of carbonyl (C=O) groups excluding carboxylic acids is 2. The summed E-state index contributed by atoms with van der Waals surface area (Å²) in [6, 6.07) is 7.20. The first kappa shape index (κ1) is 21.2. The number of nitrogens with one attached hydrogen (secondary N) is 2. The maximum atomic E-state index is 12.2. The molecule has 1 atom stereocenters. The van der Waals surface area contributed by atoms with E-state index >= 15 is 0 Å². The summed E-state index contributed by atoms with van der Waals surface area (Å²) in [4.78, 5) is 26.2. The summed E-state index contributed by atoms with van der Waals surface area (Å²) in [6.07, 6.45) is 1.77. The van der Waals surface area contributed by atoms with Gasteiger partial charge in [-0.05, 0) is 43.7 Å². The zero-order chi connectivity index (χ0) is 17.4. The largest absolute Gasteiger partial charge is 0.497 e. The predicted molar refractivity (Wildman–Crippen MR) is 100 cm³/mol. The van der Waals surface area contributed by atoms with E-state index in [2.05, 4.69) is 10.6 Å². The lowest BCUT2D eigenvalue weighted by atomic mass is 9.97. The SMILES string of the molecule is COc1ccc(NC(=O)CN2CCCC(C(=O)NCCN)C2)cc1.Cl. The molecule has 25 heavy (non-hydrogen) atoms. The Morgan fingerprint density at radius 3 is 2.68 bits per heavy atom. The number of ether oxygens (including phenoxy) is 1. The first-order valence-corrected chi connectivity index (χ1v) is 8.26. The summed E-state index contributed by atoms with van der Waals surface area (Å²) in [6.45, 7) is 2.65. The molecular formula is C17H27ClN4O3. The van der Waals surface area contributed by atoms with Gasteiger partial charge in [-0.2, -0.15) is 0 Å². The van der Waals surface area contributed by atoms with Gasteiger partial charge < -0.3 is 21.1 Å². The van der Waals surface area contributed by atoms with Crippen LogP contribution in [0.15, 0.2) is 24.3 Å². The summed E-state index contributed by atoms with van der Waals surface area (Å²) >= 11 is 0. The molecule has 1 aromatic rings. The van der Waals surface area contributed by atoms with Crippen LogP contribution in [0.3, 0.4) is 0 Å². The van der Waals surface area contributed by atoms with Crippen LogP contribution in [0.4, 0.5) is 5.69 Å². The number of anilines is 1. The fourth-order valence-corrected chi connectivity index (χ4v) is 2.83. The Labute approximate surface area is 154 Å². The second kappa shape index (κ2) is 10.9. The predicted octanol–water partition coefficient (Wildman–Crippen LogP) is 0.842. The monoisotopic (exact) mass is 370 g/mol. The van der Waals surface area contributed by atoms with Crippen LogP contribution in [0.25, 0.3) is 0 Å². The van der Waals surface area contributed by atoms with Crippen LogP contribution in [0, 0.1) is 5.92 Å². The van der Waals surface area contributed by atoms with E-state index in [-0.39, 0.29) is 36.7 Å². The summed E-state index contributed by atoms with van der Waals surface area (Å²) < 4.78 is 5.09. The van der Waals surface area contributed by atoms with Gasteiger partial charge in [0.1, 0.15) is 5.75 Å². The molecule has 1 aromatic carbocycles. The van der Waals surface area contributed by atoms with Crippen molar-refractivity contribution in [3.63, 3.8) is 0 Å². The molecule has 0 aliphatic carbocycles. The van der Waals surface area contributed by atoms with Gasteiger partial charge in [0.05, 0.1) is 19.6 Å². The van der Waals surface area contributed by atoms with Crippen LogP contribution in [0.2, 0.25) is 0 Å². The van der Waals surface area contributed by atoms with Crippen LogP contribution in [-0.4, -0.2) is 56.5 Å². The number of nitrogens with zero attached hydrogens (tertiary/aromatic N) is 1. The van der Waals surface area contributed by atoms with E-state index < -0.39 is 0 Å². The van der Waals surface area contributed by atoms with Gasteiger partial charge in [-0.25, -0.2) is 0 Å². The highest BCUT2D eigenvalue weighted by Crippen LogP contribution is 2.17. The molecule has 1 saturated heterocycles. The Morgan fingerprint density at radius 2 is 2.04 bits per heavy atom. The number of carbonyl (C=O) groups is 2. The number of amides is 2. The molecule has 2 amide bonds. The van der Waals surface area contributed by atoms with Crippen molar-refractivity contribution < 1.29 is 14.3 Å². The highest BCUT2D eigenvalue weighted by molar-refractivity contribution is 5.92. The Hall–Kier alpha value is -1.83. The van der Waals surface area contributed by atoms with Crippen molar-refractivity contribution in [1.82, 2.24) is 10.2 Å². The molecule has 1 unspecified atom stereocenters. The van der Waals surface area contributed by atoms with Gasteiger partial charge in [-0.1, -0.05) is 0 Å². The first-order chi connectivity index (χ1) is 11.6. The van der Waals surface area contributed by atoms with E-state index in [9.17, 15) is 9.59 Å². The molecule has 0 saturated carbocycles. The number of benzene rings is 1. The Balaban J connectivity index is 0.00000312. The van der Waals surface area contributed by atoms with Gasteiger partial charge in [0.25, 0.3) is 0 Å². The van der Waals surface area contributed by atoms with Crippen molar-refractivity contribution in [2.75, 3.05) is 45.2 Å². The van der Waals surface area contributed by atoms with Gasteiger partial charge in [-0.15, -0.1) is 12.4 Å². The minimum absolute atomic E-state index is 0. The van der Waals surface area contributed by atoms with Gasteiger partial charge in [0.15, 0.2) is 0 Å². The van der Waals surface area contributed by atoms with Crippen molar-refractivity contribution in [2.45, 2.75) is 12.8 Å². The van der Waals surface area contributed by atoms with Crippen LogP contribution >= 0.6 is 12.4 Å². The fraction of sp³-hybridized carbons (Fsp3) is 0.529. The van der Waals surface area contributed by atoms with E-state index in [0.29, 0.717) is 19.6 Å². The molecule has 0 aromatic heterocycles. The van der Waals surface area contributed by atoms with Gasteiger partial charge in [-0.3, -0.25) is 14.5 Å². The normalized spacial score (nSPS) is 17.3. The number of hydrogen-bond donors (Lipinski definition) is 3. The second-order valence-electron chi connectivity index (χ2n) is 5.93. The number of piperidine rings is 1. The second-order valence-corrected chi connectivity index (χ2v) is 5.93. The molecular weight excluding hydrogens is 344 g/mol. The lowest BCUT2D eigenvalue weighted by Gasteiger charge is -2.31. The van der Waals surface area contributed by atoms with Gasteiger partial charge in [0.2, 0.25) is 11.8 Å². The lowest BCUT2D eigenvalue weighted by molar-refractivity contribution is -0.127. The van der Waals surface area contributed by atoms with Crippen molar-refractivity contribution in [1.29, 1.82) is 0 Å². The summed E-state index contributed by atoms with van der Waals surface area (Å²) in [5.74, 6) is 0.623. The number of rotatable bonds is 7. The zero-order valence-corrected chi connectivity index (χ0v) is 15.3. The van der Waals surface area contributed by atoms with Crippen molar-refractivity contribution in [3.05, 3.63) is 24.3 Å². The Kier molecular flexibility index (Phi) is 9.26. The van der Waals surface area contributed by atoms with E-state index in [0.717, 1.165) is 30.8 Å². The number of nitrogens with two attached hydrogens (primary N) is 1. The molecule has 0 radical (unpaired) electrons. The van der Waals surface area contributed by atoms with E-state index in [1.165, 1.54) is 0 Å². The molecule has 0 bridgehead atoms. The molecule has 1 aliphatic rings. The van der Waals surface area contributed by atoms with Crippen LogP contribution in [0.5, 0.6) is 5.75 Å². The highest BCUT2D eigenvalue weighted by atomic mass is 35.5. The molecule has 1 aliphatic heterocycles. The number of halogens is 1. The van der Waals surface area contributed by atoms with Crippen LogP contribution in [0.1, 0.15) is 12.8 Å². The standard InChI is InChI=1S/C17H26N4O3.ClH/c1-24-15-6-4-14(5-7-15)20-16(22)12-21-10-2-3-13(11-21)17(23)19-9-8-18;/h4-7,13H,2-3,8-12,18H2,1H3,(H,19,23)(H,20,22);1H. The number of likely N-dealkylation sites (tertiary alicyclic amines) is 1. The maximum absolute atomic E-state index is 12.2. The van der Waals surface area contributed by atoms with Crippen LogP contribution in [-0.2, 0) is 9.59 Å². The molecule has 1 heterocycles. The van der Waals surface area contributed by atoms with Gasteiger partial charge in [0, 0.05) is 25.3 Å². The average molecular weight is 371 g/mol. The third kappa shape index (κ3) is 6.89. The van der Waals surface area contributed by atoms with Crippen LogP contribution < -0.4 is 21.1 Å². The van der Waals surface area contributed by atoms with Gasteiger partial charge >= 0.3 is 0 Å². The molecule has 1 fully saturated rings. The van der Waals surface area contributed by atoms with E-state index in [1.54, 1.807) is 31.4 Å². The third-order valence-electron chi connectivity index (χ3n) is 4.06. The molecule has 0 spiro atoms.